The minimum atomic E-state index is -0.303. The molecule has 5 nitrogen and oxygen atoms in total. The molecule has 0 saturated carbocycles. The number of amides is 2. The molecule has 19 heavy (non-hydrogen) atoms. The number of carbonyl (C=O) groups is 2. The lowest BCUT2D eigenvalue weighted by atomic mass is 9.99. The number of carbonyl (C=O) groups excluding carboxylic acids is 2. The number of benzene rings is 1. The van der Waals surface area contributed by atoms with E-state index in [1.807, 2.05) is 35.3 Å². The van der Waals surface area contributed by atoms with Crippen LogP contribution in [0.1, 0.15) is 18.4 Å². The molecule has 1 aromatic rings. The molecular weight excluding hydrogens is 242 g/mol. The maximum atomic E-state index is 12.0. The van der Waals surface area contributed by atoms with Gasteiger partial charge >= 0.3 is 0 Å². The van der Waals surface area contributed by atoms with E-state index in [1.54, 1.807) is 0 Å². The topological polar surface area (TPSA) is 75.4 Å². The highest BCUT2D eigenvalue weighted by Crippen LogP contribution is 2.32. The highest BCUT2D eigenvalue weighted by molar-refractivity contribution is 6.02. The molecule has 0 aromatic heterocycles. The Morgan fingerprint density at radius 3 is 2.95 bits per heavy atom. The monoisotopic (exact) mass is 257 g/mol. The van der Waals surface area contributed by atoms with Crippen molar-refractivity contribution in [2.45, 2.75) is 18.9 Å². The van der Waals surface area contributed by atoms with Crippen molar-refractivity contribution in [1.82, 2.24) is 5.32 Å². The maximum absolute atomic E-state index is 12.0. The van der Waals surface area contributed by atoms with Crippen molar-refractivity contribution in [3.05, 3.63) is 29.8 Å². The third-order valence-electron chi connectivity index (χ3n) is 3.60. The Morgan fingerprint density at radius 2 is 2.16 bits per heavy atom. The van der Waals surface area contributed by atoms with Crippen LogP contribution in [0.15, 0.2) is 24.3 Å². The lowest BCUT2D eigenvalue weighted by molar-refractivity contribution is -0.134. The average molecular weight is 257 g/mol. The number of hydrogen-bond acceptors (Lipinski definition) is 4. The van der Waals surface area contributed by atoms with Crippen molar-refractivity contribution in [1.29, 1.82) is 0 Å². The molecule has 0 spiro atoms. The summed E-state index contributed by atoms with van der Waals surface area (Å²) >= 11 is 0. The van der Waals surface area contributed by atoms with Crippen molar-refractivity contribution in [2.75, 3.05) is 17.2 Å². The van der Waals surface area contributed by atoms with E-state index in [4.69, 9.17) is 5.73 Å². The molecule has 2 amide bonds. The van der Waals surface area contributed by atoms with Crippen LogP contribution in [0.2, 0.25) is 0 Å². The zero-order chi connectivity index (χ0) is 13.4. The Kier molecular flexibility index (Phi) is 2.74. The van der Waals surface area contributed by atoms with Gasteiger partial charge in [-0.3, -0.25) is 14.9 Å². The minimum absolute atomic E-state index is 0.193. The van der Waals surface area contributed by atoms with Crippen LogP contribution in [0.4, 0.5) is 11.4 Å². The van der Waals surface area contributed by atoms with E-state index in [0.717, 1.165) is 11.3 Å². The van der Waals surface area contributed by atoms with E-state index in [2.05, 4.69) is 5.32 Å². The lowest BCUT2D eigenvalue weighted by Gasteiger charge is -2.36. The number of imide groups is 1. The molecular formula is C14H15N3O2. The summed E-state index contributed by atoms with van der Waals surface area (Å²) in [5.41, 5.74) is 8.56. The van der Waals surface area contributed by atoms with E-state index in [-0.39, 0.29) is 17.9 Å². The van der Waals surface area contributed by atoms with Crippen LogP contribution >= 0.6 is 0 Å². The molecule has 3 rings (SSSR count). The van der Waals surface area contributed by atoms with Crippen LogP contribution in [-0.2, 0) is 9.59 Å². The number of hydrogen-bond donors (Lipinski definition) is 2. The number of nitrogens with zero attached hydrogens (tertiary/aromatic N) is 1. The molecule has 1 atom stereocenters. The third-order valence-corrected chi connectivity index (χ3v) is 3.60. The Hall–Kier alpha value is -2.30. The maximum Gasteiger partial charge on any atom is 0.249 e. The van der Waals surface area contributed by atoms with Gasteiger partial charge in [-0.1, -0.05) is 18.2 Å². The molecule has 2 aliphatic rings. The van der Waals surface area contributed by atoms with E-state index in [0.29, 0.717) is 25.1 Å². The molecule has 0 bridgehead atoms. The molecule has 3 N–H and O–H groups in total. The largest absolute Gasteiger partial charge is 0.398 e. The Labute approximate surface area is 111 Å². The lowest BCUT2D eigenvalue weighted by Crippen LogP contribution is -2.53. The normalized spacial score (nSPS) is 22.1. The molecule has 98 valence electrons. The first-order valence-electron chi connectivity index (χ1n) is 6.32. The van der Waals surface area contributed by atoms with Crippen LogP contribution < -0.4 is 16.0 Å². The highest BCUT2D eigenvalue weighted by atomic mass is 16.2. The quantitative estimate of drug-likeness (QED) is 0.579. The van der Waals surface area contributed by atoms with E-state index < -0.39 is 0 Å². The van der Waals surface area contributed by atoms with Crippen molar-refractivity contribution < 1.29 is 9.59 Å². The second-order valence-corrected chi connectivity index (χ2v) is 4.80. The highest BCUT2D eigenvalue weighted by Gasteiger charge is 2.33. The van der Waals surface area contributed by atoms with Crippen LogP contribution in [0.5, 0.6) is 0 Å². The molecule has 1 unspecified atom stereocenters. The summed E-state index contributed by atoms with van der Waals surface area (Å²) in [6, 6.07) is 5.38. The van der Waals surface area contributed by atoms with Crippen molar-refractivity contribution in [3.8, 4) is 0 Å². The third kappa shape index (κ3) is 1.97. The number of nitrogens with two attached hydrogens (primary N) is 1. The summed E-state index contributed by atoms with van der Waals surface area (Å²) in [5.74, 6) is -0.415. The molecule has 0 aliphatic carbocycles. The fourth-order valence-corrected chi connectivity index (χ4v) is 2.66. The second-order valence-electron chi connectivity index (χ2n) is 4.80. The molecule has 5 heteroatoms. The van der Waals surface area contributed by atoms with Gasteiger partial charge in [0.05, 0.1) is 0 Å². The summed E-state index contributed by atoms with van der Waals surface area (Å²) < 4.78 is 0. The van der Waals surface area contributed by atoms with Gasteiger partial charge < -0.3 is 10.6 Å². The van der Waals surface area contributed by atoms with Crippen molar-refractivity contribution in [2.24, 2.45) is 0 Å². The van der Waals surface area contributed by atoms with Gasteiger partial charge in [0.2, 0.25) is 11.8 Å². The summed E-state index contributed by atoms with van der Waals surface area (Å²) in [5, 5.41) is 2.40. The van der Waals surface area contributed by atoms with Gasteiger partial charge in [-0.15, -0.1) is 0 Å². The van der Waals surface area contributed by atoms with Gasteiger partial charge in [-0.25, -0.2) is 0 Å². The number of rotatable bonds is 1. The second kappa shape index (κ2) is 4.42. The van der Waals surface area contributed by atoms with Gasteiger partial charge in [-0.05, 0) is 18.6 Å². The van der Waals surface area contributed by atoms with Crippen molar-refractivity contribution in [3.63, 3.8) is 0 Å². The fraction of sp³-hybridized carbons (Fsp3) is 0.286. The van der Waals surface area contributed by atoms with Gasteiger partial charge in [0.15, 0.2) is 0 Å². The summed E-state index contributed by atoms with van der Waals surface area (Å²) in [6.07, 6.45) is 4.90. The molecule has 1 aromatic carbocycles. The number of nitrogen functional groups attached to an aromatic ring is 1. The summed E-state index contributed by atoms with van der Waals surface area (Å²) in [4.78, 5) is 25.2. The van der Waals surface area contributed by atoms with Gasteiger partial charge in [0.1, 0.15) is 6.04 Å². The van der Waals surface area contributed by atoms with E-state index in [1.165, 1.54) is 0 Å². The fourth-order valence-electron chi connectivity index (χ4n) is 2.66. The molecule has 2 heterocycles. The zero-order valence-electron chi connectivity index (χ0n) is 10.4. The van der Waals surface area contributed by atoms with Crippen molar-refractivity contribution >= 4 is 29.3 Å². The van der Waals surface area contributed by atoms with Crippen LogP contribution in [0, 0.1) is 0 Å². The summed E-state index contributed by atoms with van der Waals surface area (Å²) in [7, 11) is 0. The standard InChI is InChI=1S/C14H15N3O2/c15-10-4-1-5-11-9(10)3-2-8-17(11)12-6-7-13(18)16-14(12)19/h1-5,12H,6-8,15H2,(H,16,18,19). The molecule has 2 aliphatic heterocycles. The molecule has 0 radical (unpaired) electrons. The van der Waals surface area contributed by atoms with Gasteiger partial charge in [-0.2, -0.15) is 0 Å². The zero-order valence-corrected chi connectivity index (χ0v) is 10.4. The van der Waals surface area contributed by atoms with Gasteiger partial charge in [0.25, 0.3) is 0 Å². The minimum Gasteiger partial charge on any atom is -0.398 e. The van der Waals surface area contributed by atoms with Crippen LogP contribution in [0.3, 0.4) is 0 Å². The first-order valence-corrected chi connectivity index (χ1v) is 6.32. The van der Waals surface area contributed by atoms with E-state index >= 15 is 0 Å². The number of anilines is 2. The number of fused-ring (bicyclic) bond motifs is 1. The summed E-state index contributed by atoms with van der Waals surface area (Å²) in [6.45, 7) is 0.655. The first-order chi connectivity index (χ1) is 9.16. The van der Waals surface area contributed by atoms with Crippen LogP contribution in [0.25, 0.3) is 6.08 Å². The predicted octanol–water partition coefficient (Wildman–Crippen LogP) is 0.907. The van der Waals surface area contributed by atoms with Gasteiger partial charge in [0, 0.05) is 29.9 Å². The molecule has 1 fully saturated rings. The first kappa shape index (κ1) is 11.8. The smallest absolute Gasteiger partial charge is 0.249 e. The SMILES string of the molecule is Nc1cccc2c1C=CCN2C1CCC(=O)NC1=O. The molecule has 1 saturated heterocycles. The number of nitrogens with one attached hydrogen (secondary N) is 1. The Bertz CT molecular complexity index is 580. The Morgan fingerprint density at radius 1 is 1.32 bits per heavy atom. The number of piperidine rings is 1. The average Bonchev–Trinajstić information content (AvgIpc) is 2.39. The predicted molar refractivity (Wildman–Crippen MR) is 73.4 cm³/mol. The van der Waals surface area contributed by atoms with E-state index in [9.17, 15) is 9.59 Å². The Balaban J connectivity index is 1.96. The van der Waals surface area contributed by atoms with Crippen LogP contribution in [-0.4, -0.2) is 24.4 Å².